The first-order valence-corrected chi connectivity index (χ1v) is 10.4. The van der Waals surface area contributed by atoms with Gasteiger partial charge in [-0.05, 0) is 61.9 Å². The van der Waals surface area contributed by atoms with E-state index in [0.29, 0.717) is 13.0 Å². The predicted molar refractivity (Wildman–Crippen MR) is 107 cm³/mol. The summed E-state index contributed by atoms with van der Waals surface area (Å²) in [5, 5.41) is 9.47. The zero-order valence-electron chi connectivity index (χ0n) is 17.0. The van der Waals surface area contributed by atoms with Crippen molar-refractivity contribution in [2.24, 2.45) is 5.41 Å². The van der Waals surface area contributed by atoms with Crippen LogP contribution >= 0.6 is 0 Å². The van der Waals surface area contributed by atoms with E-state index < -0.39 is 12.0 Å². The maximum Gasteiger partial charge on any atom is 0.326 e. The topological polar surface area (TPSA) is 70.1 Å². The maximum atomic E-state index is 11.8. The van der Waals surface area contributed by atoms with E-state index in [1.165, 1.54) is 12.5 Å². The standard InChI is InChI=1S/C22H32N2O4/c1-3-4-13-28-19-7-5-18(6-8-19)15-23-11-9-22(10-12-23)14-20(21(26)27)24(16-22)17(2)25/h5-8,20H,3-4,9-16H2,1-2H3,(H,26,27)/t20-/m1/s1. The molecule has 0 aromatic heterocycles. The van der Waals surface area contributed by atoms with Crippen molar-refractivity contribution in [1.82, 2.24) is 9.80 Å². The van der Waals surface area contributed by atoms with Crippen LogP contribution in [-0.4, -0.2) is 59.1 Å². The molecule has 2 heterocycles. The van der Waals surface area contributed by atoms with Crippen molar-refractivity contribution < 1.29 is 19.4 Å². The second-order valence-electron chi connectivity index (χ2n) is 8.33. The van der Waals surface area contributed by atoms with E-state index in [2.05, 4.69) is 24.0 Å². The fraction of sp³-hybridized carbons (Fsp3) is 0.636. The SMILES string of the molecule is CCCCOc1ccc(CN2CCC3(CC2)C[C@H](C(=O)O)N(C(C)=O)C3)cc1. The fourth-order valence-electron chi connectivity index (χ4n) is 4.44. The van der Waals surface area contributed by atoms with Gasteiger partial charge in [-0.2, -0.15) is 0 Å². The number of piperidine rings is 1. The van der Waals surface area contributed by atoms with Crippen molar-refractivity contribution in [2.75, 3.05) is 26.2 Å². The lowest BCUT2D eigenvalue weighted by atomic mass is 9.76. The number of carbonyl (C=O) groups excluding carboxylic acids is 1. The molecule has 154 valence electrons. The summed E-state index contributed by atoms with van der Waals surface area (Å²) in [5.74, 6) is -0.0894. The smallest absolute Gasteiger partial charge is 0.326 e. The Morgan fingerprint density at radius 2 is 1.89 bits per heavy atom. The Labute approximate surface area is 167 Å². The van der Waals surface area contributed by atoms with Crippen LogP contribution in [0.3, 0.4) is 0 Å². The van der Waals surface area contributed by atoms with Crippen molar-refractivity contribution in [3.63, 3.8) is 0 Å². The maximum absolute atomic E-state index is 11.8. The number of carbonyl (C=O) groups is 2. The van der Waals surface area contributed by atoms with E-state index in [9.17, 15) is 14.7 Å². The highest BCUT2D eigenvalue weighted by atomic mass is 16.5. The zero-order chi connectivity index (χ0) is 20.1. The van der Waals surface area contributed by atoms with E-state index in [4.69, 9.17) is 4.74 Å². The Morgan fingerprint density at radius 1 is 1.21 bits per heavy atom. The molecule has 1 spiro atoms. The fourth-order valence-corrected chi connectivity index (χ4v) is 4.44. The van der Waals surface area contributed by atoms with Gasteiger partial charge in [-0.25, -0.2) is 4.79 Å². The van der Waals surface area contributed by atoms with Gasteiger partial charge in [-0.3, -0.25) is 9.69 Å². The summed E-state index contributed by atoms with van der Waals surface area (Å²) in [6.07, 6.45) is 4.67. The summed E-state index contributed by atoms with van der Waals surface area (Å²) in [6.45, 7) is 7.74. The zero-order valence-corrected chi connectivity index (χ0v) is 17.0. The summed E-state index contributed by atoms with van der Waals surface area (Å²) < 4.78 is 5.72. The van der Waals surface area contributed by atoms with E-state index in [1.807, 2.05) is 12.1 Å². The Balaban J connectivity index is 1.51. The third kappa shape index (κ3) is 4.85. The average Bonchev–Trinajstić information content (AvgIpc) is 3.06. The molecule has 0 saturated carbocycles. The van der Waals surface area contributed by atoms with Gasteiger partial charge in [0.2, 0.25) is 5.91 Å². The monoisotopic (exact) mass is 388 g/mol. The number of aliphatic carboxylic acids is 1. The molecule has 28 heavy (non-hydrogen) atoms. The van der Waals surface area contributed by atoms with Crippen molar-refractivity contribution in [3.05, 3.63) is 29.8 Å². The van der Waals surface area contributed by atoms with Crippen LogP contribution in [0.1, 0.15) is 51.5 Å². The number of hydrogen-bond acceptors (Lipinski definition) is 4. The average molecular weight is 389 g/mol. The van der Waals surface area contributed by atoms with Gasteiger partial charge in [0.1, 0.15) is 11.8 Å². The summed E-state index contributed by atoms with van der Waals surface area (Å²) in [5.41, 5.74) is 1.22. The first-order chi connectivity index (χ1) is 13.4. The van der Waals surface area contributed by atoms with Crippen LogP contribution in [0.25, 0.3) is 0 Å². The van der Waals surface area contributed by atoms with Crippen LogP contribution in [0.15, 0.2) is 24.3 Å². The third-order valence-corrected chi connectivity index (χ3v) is 6.21. The van der Waals surface area contributed by atoms with Crippen LogP contribution in [-0.2, 0) is 16.1 Å². The molecule has 0 unspecified atom stereocenters. The largest absolute Gasteiger partial charge is 0.494 e. The second-order valence-corrected chi connectivity index (χ2v) is 8.33. The first-order valence-electron chi connectivity index (χ1n) is 10.4. The highest BCUT2D eigenvalue weighted by Gasteiger charge is 2.48. The number of amides is 1. The Morgan fingerprint density at radius 3 is 2.43 bits per heavy atom. The van der Waals surface area contributed by atoms with Crippen LogP contribution in [0.2, 0.25) is 0 Å². The molecule has 2 fully saturated rings. The second kappa shape index (κ2) is 8.95. The molecule has 3 rings (SSSR count). The minimum absolute atomic E-state index is 0.0395. The Hall–Kier alpha value is -2.08. The Kier molecular flexibility index (Phi) is 6.60. The summed E-state index contributed by atoms with van der Waals surface area (Å²) in [4.78, 5) is 27.4. The summed E-state index contributed by atoms with van der Waals surface area (Å²) >= 11 is 0. The number of carboxylic acids is 1. The highest BCUT2D eigenvalue weighted by Crippen LogP contribution is 2.43. The van der Waals surface area contributed by atoms with Crippen LogP contribution in [0.5, 0.6) is 5.75 Å². The lowest BCUT2D eigenvalue weighted by Crippen LogP contribution is -2.42. The van der Waals surface area contributed by atoms with Crippen molar-refractivity contribution in [1.29, 1.82) is 0 Å². The molecule has 2 saturated heterocycles. The van der Waals surface area contributed by atoms with Gasteiger partial charge in [-0.15, -0.1) is 0 Å². The quantitative estimate of drug-likeness (QED) is 0.727. The molecule has 0 bridgehead atoms. The number of hydrogen-bond donors (Lipinski definition) is 1. The summed E-state index contributed by atoms with van der Waals surface area (Å²) in [7, 11) is 0. The van der Waals surface area contributed by atoms with E-state index in [1.54, 1.807) is 4.90 Å². The van der Waals surface area contributed by atoms with E-state index >= 15 is 0 Å². The molecule has 6 heteroatoms. The molecule has 1 aromatic carbocycles. The number of nitrogens with zero attached hydrogens (tertiary/aromatic N) is 2. The van der Waals surface area contributed by atoms with Gasteiger partial charge < -0.3 is 14.7 Å². The van der Waals surface area contributed by atoms with Gasteiger partial charge in [0.25, 0.3) is 0 Å². The Bertz CT molecular complexity index is 656. The van der Waals surface area contributed by atoms with Crippen molar-refractivity contribution >= 4 is 11.9 Å². The van der Waals surface area contributed by atoms with E-state index in [0.717, 1.165) is 57.7 Å². The van der Waals surface area contributed by atoms with Gasteiger partial charge >= 0.3 is 5.97 Å². The first kappa shape index (κ1) is 20.6. The number of unbranched alkanes of at least 4 members (excludes halogenated alkanes) is 1. The molecular formula is C22H32N2O4. The number of carboxylic acid groups (broad SMARTS) is 1. The predicted octanol–water partition coefficient (Wildman–Crippen LogP) is 3.15. The molecule has 0 radical (unpaired) electrons. The third-order valence-electron chi connectivity index (χ3n) is 6.21. The highest BCUT2D eigenvalue weighted by molar-refractivity contribution is 5.83. The molecule has 6 nitrogen and oxygen atoms in total. The number of benzene rings is 1. The molecule has 0 aliphatic carbocycles. The number of rotatable bonds is 7. The lowest BCUT2D eigenvalue weighted by Gasteiger charge is -2.39. The van der Waals surface area contributed by atoms with Crippen molar-refractivity contribution in [2.45, 2.75) is 58.5 Å². The molecule has 2 aliphatic rings. The van der Waals surface area contributed by atoms with Crippen molar-refractivity contribution in [3.8, 4) is 5.75 Å². The van der Waals surface area contributed by atoms with Gasteiger partial charge in [0.05, 0.1) is 6.61 Å². The molecule has 2 aliphatic heterocycles. The van der Waals surface area contributed by atoms with Gasteiger partial charge in [0, 0.05) is 20.0 Å². The lowest BCUT2D eigenvalue weighted by molar-refractivity contribution is -0.147. The number of likely N-dealkylation sites (tertiary alicyclic amines) is 2. The summed E-state index contributed by atoms with van der Waals surface area (Å²) in [6, 6.07) is 7.66. The van der Waals surface area contributed by atoms with Crippen LogP contribution < -0.4 is 4.74 Å². The number of ether oxygens (including phenoxy) is 1. The minimum Gasteiger partial charge on any atom is -0.494 e. The molecule has 1 aromatic rings. The molecule has 1 atom stereocenters. The normalized spacial score (nSPS) is 21.8. The van der Waals surface area contributed by atoms with Gasteiger partial charge in [-0.1, -0.05) is 25.5 Å². The van der Waals surface area contributed by atoms with Gasteiger partial charge in [0.15, 0.2) is 0 Å². The van der Waals surface area contributed by atoms with Crippen LogP contribution in [0, 0.1) is 5.41 Å². The minimum atomic E-state index is -0.879. The molecular weight excluding hydrogens is 356 g/mol. The van der Waals surface area contributed by atoms with E-state index in [-0.39, 0.29) is 11.3 Å². The molecule has 1 amide bonds. The molecule has 1 N–H and O–H groups in total. The van der Waals surface area contributed by atoms with Crippen LogP contribution in [0.4, 0.5) is 0 Å².